The van der Waals surface area contributed by atoms with Gasteiger partial charge in [0.2, 0.25) is 5.91 Å². The van der Waals surface area contributed by atoms with Crippen LogP contribution in [0.5, 0.6) is 11.5 Å². The zero-order valence-electron chi connectivity index (χ0n) is 23.1. The SMILES string of the molecule is C/C=C\CCCN1C(=O)c2cc3c(OC)ccc(OC)c3n2CC1(C)C(=O)NC1CCCC1.C=CCC. The molecule has 1 fully saturated rings. The van der Waals surface area contributed by atoms with E-state index in [1.165, 1.54) is 0 Å². The number of unbranched alkanes of at least 4 members (excludes halogenated alkanes) is 1. The summed E-state index contributed by atoms with van der Waals surface area (Å²) < 4.78 is 13.1. The Morgan fingerprint density at radius 2 is 1.86 bits per heavy atom. The highest BCUT2D eigenvalue weighted by molar-refractivity contribution is 6.05. The van der Waals surface area contributed by atoms with Crippen molar-refractivity contribution in [3.05, 3.63) is 48.7 Å². The lowest BCUT2D eigenvalue weighted by Crippen LogP contribution is -2.64. The molecule has 1 aromatic heterocycles. The van der Waals surface area contributed by atoms with Crippen molar-refractivity contribution in [1.29, 1.82) is 0 Å². The number of rotatable bonds is 9. The zero-order chi connectivity index (χ0) is 27.0. The van der Waals surface area contributed by atoms with Crippen LogP contribution in [0.4, 0.5) is 0 Å². The molecule has 7 nitrogen and oxygen atoms in total. The third-order valence-electron chi connectivity index (χ3n) is 7.40. The van der Waals surface area contributed by atoms with Gasteiger partial charge in [-0.1, -0.05) is 38.0 Å². The van der Waals surface area contributed by atoms with Gasteiger partial charge in [-0.05, 0) is 64.2 Å². The van der Waals surface area contributed by atoms with Gasteiger partial charge < -0.3 is 24.3 Å². The number of methoxy groups -OCH3 is 2. The van der Waals surface area contributed by atoms with Crippen LogP contribution >= 0.6 is 0 Å². The summed E-state index contributed by atoms with van der Waals surface area (Å²) in [5.74, 6) is 1.12. The van der Waals surface area contributed by atoms with Crippen molar-refractivity contribution in [1.82, 2.24) is 14.8 Å². The van der Waals surface area contributed by atoms with Crippen LogP contribution in [0.25, 0.3) is 10.9 Å². The molecule has 0 saturated heterocycles. The predicted molar refractivity (Wildman–Crippen MR) is 149 cm³/mol. The molecule has 4 rings (SSSR count). The maximum absolute atomic E-state index is 13.8. The van der Waals surface area contributed by atoms with Crippen LogP contribution in [-0.2, 0) is 11.3 Å². The van der Waals surface area contributed by atoms with Crippen LogP contribution in [0, 0.1) is 0 Å². The minimum atomic E-state index is -0.997. The van der Waals surface area contributed by atoms with E-state index in [0.717, 1.165) is 55.8 Å². The van der Waals surface area contributed by atoms with E-state index in [4.69, 9.17) is 9.47 Å². The third kappa shape index (κ3) is 5.86. The molecule has 1 saturated carbocycles. The van der Waals surface area contributed by atoms with Crippen LogP contribution in [-0.4, -0.2) is 53.6 Å². The Morgan fingerprint density at radius 1 is 1.22 bits per heavy atom. The minimum Gasteiger partial charge on any atom is -0.496 e. The number of ether oxygens (including phenoxy) is 2. The highest BCUT2D eigenvalue weighted by Gasteiger charge is 2.48. The Labute approximate surface area is 221 Å². The van der Waals surface area contributed by atoms with E-state index in [2.05, 4.69) is 24.9 Å². The van der Waals surface area contributed by atoms with Gasteiger partial charge in [0.1, 0.15) is 22.7 Å². The Morgan fingerprint density at radius 3 is 2.46 bits per heavy atom. The molecule has 2 amide bonds. The van der Waals surface area contributed by atoms with E-state index >= 15 is 0 Å². The van der Waals surface area contributed by atoms with E-state index in [1.807, 2.05) is 48.8 Å². The summed E-state index contributed by atoms with van der Waals surface area (Å²) in [6.45, 7) is 10.3. The molecule has 1 aromatic carbocycles. The van der Waals surface area contributed by atoms with Gasteiger partial charge in [-0.15, -0.1) is 6.58 Å². The van der Waals surface area contributed by atoms with Crippen molar-refractivity contribution >= 4 is 22.7 Å². The Hall–Kier alpha value is -3.22. The second-order valence-electron chi connectivity index (χ2n) is 9.94. The number of hydrogen-bond donors (Lipinski definition) is 1. The minimum absolute atomic E-state index is 0.0804. The van der Waals surface area contributed by atoms with Crippen LogP contribution in [0.1, 0.15) is 76.2 Å². The Kier molecular flexibility index (Phi) is 9.84. The molecule has 0 bridgehead atoms. The van der Waals surface area contributed by atoms with Crippen molar-refractivity contribution in [2.24, 2.45) is 0 Å². The van der Waals surface area contributed by atoms with Gasteiger partial charge in [0.05, 0.1) is 26.3 Å². The van der Waals surface area contributed by atoms with Gasteiger partial charge >= 0.3 is 0 Å². The van der Waals surface area contributed by atoms with Gasteiger partial charge in [0.15, 0.2) is 0 Å². The number of carbonyl (C=O) groups is 2. The summed E-state index contributed by atoms with van der Waals surface area (Å²) in [5.41, 5.74) is 0.349. The first-order chi connectivity index (χ1) is 17.9. The summed E-state index contributed by atoms with van der Waals surface area (Å²) in [7, 11) is 3.23. The van der Waals surface area contributed by atoms with E-state index in [-0.39, 0.29) is 17.9 Å². The molecule has 2 heterocycles. The number of aromatic nitrogens is 1. The Bertz CT molecular complexity index is 1130. The number of carbonyl (C=O) groups excluding carboxylic acids is 2. The van der Waals surface area contributed by atoms with Crippen molar-refractivity contribution in [2.45, 2.75) is 83.8 Å². The molecular weight excluding hydrogens is 466 g/mol. The van der Waals surface area contributed by atoms with Crippen LogP contribution in [0.3, 0.4) is 0 Å². The predicted octanol–water partition coefficient (Wildman–Crippen LogP) is 5.87. The molecule has 1 aliphatic heterocycles. The number of nitrogens with zero attached hydrogens (tertiary/aromatic N) is 2. The first-order valence-electron chi connectivity index (χ1n) is 13.4. The molecule has 2 aliphatic rings. The average Bonchev–Trinajstić information content (AvgIpc) is 3.56. The maximum atomic E-state index is 13.8. The molecule has 1 unspecified atom stereocenters. The van der Waals surface area contributed by atoms with Crippen molar-refractivity contribution in [3.8, 4) is 11.5 Å². The van der Waals surface area contributed by atoms with Gasteiger partial charge in [0, 0.05) is 18.0 Å². The van der Waals surface area contributed by atoms with Gasteiger partial charge in [-0.2, -0.15) is 0 Å². The average molecular weight is 510 g/mol. The fourth-order valence-corrected chi connectivity index (χ4v) is 5.25. The molecule has 1 N–H and O–H groups in total. The highest BCUT2D eigenvalue weighted by atomic mass is 16.5. The number of fused-ring (bicyclic) bond motifs is 3. The number of allylic oxidation sites excluding steroid dienone is 3. The van der Waals surface area contributed by atoms with Gasteiger partial charge in [-0.25, -0.2) is 0 Å². The quantitative estimate of drug-likeness (QED) is 0.339. The second-order valence-corrected chi connectivity index (χ2v) is 9.94. The topological polar surface area (TPSA) is 72.8 Å². The fourth-order valence-electron chi connectivity index (χ4n) is 5.25. The summed E-state index contributed by atoms with van der Waals surface area (Å²) in [4.78, 5) is 29.3. The number of hydrogen-bond acceptors (Lipinski definition) is 4. The molecule has 7 heteroatoms. The number of amides is 2. The largest absolute Gasteiger partial charge is 0.496 e. The first-order valence-corrected chi connectivity index (χ1v) is 13.4. The molecule has 37 heavy (non-hydrogen) atoms. The zero-order valence-corrected chi connectivity index (χ0v) is 23.1. The number of nitrogens with one attached hydrogen (secondary N) is 1. The van der Waals surface area contributed by atoms with Gasteiger partial charge in [0.25, 0.3) is 5.91 Å². The Balaban J connectivity index is 0.000000886. The van der Waals surface area contributed by atoms with Crippen molar-refractivity contribution in [2.75, 3.05) is 20.8 Å². The molecule has 1 aliphatic carbocycles. The lowest BCUT2D eigenvalue weighted by molar-refractivity contribution is -0.133. The fraction of sp³-hybridized carbons (Fsp3) is 0.533. The summed E-state index contributed by atoms with van der Waals surface area (Å²) >= 11 is 0. The van der Waals surface area contributed by atoms with Crippen molar-refractivity contribution < 1.29 is 19.1 Å². The first kappa shape index (κ1) is 28.4. The number of benzene rings is 1. The normalized spacial score (nSPS) is 19.5. The van der Waals surface area contributed by atoms with E-state index < -0.39 is 5.54 Å². The third-order valence-corrected chi connectivity index (χ3v) is 7.40. The molecule has 1 atom stereocenters. The molecule has 0 radical (unpaired) electrons. The molecular formula is C30H43N3O4. The highest BCUT2D eigenvalue weighted by Crippen LogP contribution is 2.40. The van der Waals surface area contributed by atoms with E-state index in [0.29, 0.717) is 30.3 Å². The van der Waals surface area contributed by atoms with Crippen LogP contribution < -0.4 is 14.8 Å². The lowest BCUT2D eigenvalue weighted by atomic mass is 9.93. The summed E-state index contributed by atoms with van der Waals surface area (Å²) in [5, 5.41) is 4.06. The van der Waals surface area contributed by atoms with Crippen LogP contribution in [0.15, 0.2) is 43.0 Å². The van der Waals surface area contributed by atoms with E-state index in [9.17, 15) is 9.59 Å². The smallest absolute Gasteiger partial charge is 0.271 e. The summed E-state index contributed by atoms with van der Waals surface area (Å²) in [6.07, 6.45) is 13.0. The van der Waals surface area contributed by atoms with Crippen molar-refractivity contribution in [3.63, 3.8) is 0 Å². The monoisotopic (exact) mass is 509 g/mol. The standard InChI is InChI=1S/C26H35N3O4.C4H8/c1-5-6-7-10-15-29-24(30)20-16-19-21(32-3)13-14-22(33-4)23(19)28(20)17-26(29,2)25(31)27-18-11-8-9-12-18;1-3-4-2/h5-6,13-14,16,18H,7-12,15,17H2,1-4H3,(H,27,31);3H,1,4H2,2H3/b6-5-;. The lowest BCUT2D eigenvalue weighted by Gasteiger charge is -2.44. The molecule has 202 valence electrons. The molecule has 0 spiro atoms. The van der Waals surface area contributed by atoms with Gasteiger partial charge in [-0.3, -0.25) is 9.59 Å². The van der Waals surface area contributed by atoms with E-state index in [1.54, 1.807) is 19.1 Å². The second kappa shape index (κ2) is 12.8. The summed E-state index contributed by atoms with van der Waals surface area (Å²) in [6, 6.07) is 5.75. The maximum Gasteiger partial charge on any atom is 0.271 e. The van der Waals surface area contributed by atoms with Crippen LogP contribution in [0.2, 0.25) is 0 Å². The molecule has 2 aromatic rings.